The highest BCUT2D eigenvalue weighted by atomic mass is 16.5. The molecule has 3 aliphatic rings. The van der Waals surface area contributed by atoms with Crippen molar-refractivity contribution >= 4 is 34.8 Å². The summed E-state index contributed by atoms with van der Waals surface area (Å²) in [6.45, 7) is 13.0. The number of rotatable bonds is 11. The van der Waals surface area contributed by atoms with Crippen LogP contribution in [-0.2, 0) is 0 Å². The Labute approximate surface area is 395 Å². The van der Waals surface area contributed by atoms with Crippen molar-refractivity contribution in [1.82, 2.24) is 20.9 Å². The zero-order valence-electron chi connectivity index (χ0n) is 39.1. The van der Waals surface area contributed by atoms with Gasteiger partial charge >= 0.3 is 0 Å². The average Bonchev–Trinajstić information content (AvgIpc) is 3.92. The molecule has 67 heavy (non-hydrogen) atoms. The number of carbonyl (C=O) groups excluding carboxylic acids is 3. The number of aromatic nitrogens is 1. The first kappa shape index (κ1) is 48.3. The van der Waals surface area contributed by atoms with Crippen molar-refractivity contribution in [1.29, 1.82) is 0 Å². The lowest BCUT2D eigenvalue weighted by atomic mass is 9.91. The van der Waals surface area contributed by atoms with Gasteiger partial charge < -0.3 is 36.6 Å². The predicted octanol–water partition coefficient (Wildman–Crippen LogP) is 10.2. The third kappa shape index (κ3) is 14.7. The Morgan fingerprint density at radius 2 is 0.910 bits per heavy atom. The van der Waals surface area contributed by atoms with Crippen molar-refractivity contribution in [2.75, 3.05) is 61.8 Å². The number of amides is 3. The van der Waals surface area contributed by atoms with Crippen molar-refractivity contribution in [3.63, 3.8) is 0 Å². The van der Waals surface area contributed by atoms with Crippen LogP contribution in [-0.4, -0.2) is 68.6 Å². The van der Waals surface area contributed by atoms with Crippen molar-refractivity contribution in [3.8, 4) is 5.75 Å². The summed E-state index contributed by atoms with van der Waals surface area (Å²) in [5, 5.41) is 19.0. The van der Waals surface area contributed by atoms with Crippen LogP contribution in [0.3, 0.4) is 0 Å². The first-order chi connectivity index (χ1) is 32.7. The molecule has 6 aromatic rings. The molecule has 0 aliphatic carbocycles. The summed E-state index contributed by atoms with van der Waals surface area (Å²) in [4.78, 5) is 40.7. The zero-order valence-corrected chi connectivity index (χ0v) is 39.1. The largest absolute Gasteiger partial charge is 0.492 e. The van der Waals surface area contributed by atoms with E-state index in [4.69, 9.17) is 4.74 Å². The third-order valence-corrected chi connectivity index (χ3v) is 12.5. The van der Waals surface area contributed by atoms with Gasteiger partial charge in [-0.3, -0.25) is 14.4 Å². The number of piperidine rings is 2. The fourth-order valence-electron chi connectivity index (χ4n) is 8.51. The highest BCUT2D eigenvalue weighted by Crippen LogP contribution is 2.27. The maximum Gasteiger partial charge on any atom is 0.274 e. The molecule has 3 atom stereocenters. The number of hydrogen-bond donors (Lipinski definition) is 6. The number of ether oxygens (including phenoxy) is 1. The molecule has 3 aliphatic heterocycles. The number of benzene rings is 5. The Bertz CT molecular complexity index is 2460. The van der Waals surface area contributed by atoms with Crippen LogP contribution in [0.15, 0.2) is 140 Å². The Morgan fingerprint density at radius 1 is 0.507 bits per heavy atom. The second-order valence-electron chi connectivity index (χ2n) is 17.5. The SMILES string of the molecule is CCOc1ccc(C(=O)Nc2ccc(C3CCCNC3)cc2)nc1.Cc1ccc(C(=O)Nc2ccc(C3CCCNC3)cc2)cc1.Cc1ccc(C(=O)Nc2ccc(C3CCNC3)cc2)cc1. The van der Waals surface area contributed by atoms with Crippen LogP contribution in [0.4, 0.5) is 17.1 Å². The van der Waals surface area contributed by atoms with Gasteiger partial charge in [0.05, 0.1) is 12.8 Å². The molecule has 5 aromatic carbocycles. The van der Waals surface area contributed by atoms with Gasteiger partial charge in [0, 0.05) is 47.8 Å². The van der Waals surface area contributed by atoms with Crippen molar-refractivity contribution < 1.29 is 19.1 Å². The van der Waals surface area contributed by atoms with Gasteiger partial charge in [0.15, 0.2) is 0 Å². The zero-order chi connectivity index (χ0) is 46.8. The number of aryl methyl sites for hydroxylation is 2. The molecule has 3 fully saturated rings. The van der Waals surface area contributed by atoms with Gasteiger partial charge in [-0.05, 0) is 180 Å². The summed E-state index contributed by atoms with van der Waals surface area (Å²) in [6.07, 6.45) is 7.66. The van der Waals surface area contributed by atoms with E-state index in [1.807, 2.05) is 106 Å². The van der Waals surface area contributed by atoms with Crippen molar-refractivity contribution in [2.45, 2.75) is 70.6 Å². The quantitative estimate of drug-likeness (QED) is 0.0754. The van der Waals surface area contributed by atoms with Crippen LogP contribution >= 0.6 is 0 Å². The number of nitrogens with one attached hydrogen (secondary N) is 6. The van der Waals surface area contributed by atoms with Gasteiger partial charge in [-0.15, -0.1) is 0 Å². The predicted molar refractivity (Wildman–Crippen MR) is 271 cm³/mol. The van der Waals surface area contributed by atoms with E-state index in [9.17, 15) is 14.4 Å². The van der Waals surface area contributed by atoms with Crippen LogP contribution in [0, 0.1) is 13.8 Å². The van der Waals surface area contributed by atoms with Gasteiger partial charge in [-0.25, -0.2) is 4.98 Å². The summed E-state index contributed by atoms with van der Waals surface area (Å²) >= 11 is 0. The maximum absolute atomic E-state index is 12.2. The monoisotopic (exact) mass is 900 g/mol. The Balaban J connectivity index is 0.000000149. The van der Waals surface area contributed by atoms with E-state index in [-0.39, 0.29) is 17.7 Å². The molecule has 3 unspecified atom stereocenters. The molecule has 1 aromatic heterocycles. The van der Waals surface area contributed by atoms with Gasteiger partial charge in [0.1, 0.15) is 11.4 Å². The molecule has 3 saturated heterocycles. The first-order valence-corrected chi connectivity index (χ1v) is 23.8. The standard InChI is InChI=1S/C19H23N3O2.C19H22N2O.C18H20N2O/c1-2-24-17-9-10-18(21-13-17)19(23)22-16-7-5-14(6-8-16)15-4-3-11-20-12-15;1-14-4-6-16(7-5-14)19(22)21-18-10-8-15(9-11-18)17-3-2-12-20-13-17;1-13-2-4-15(5-3-13)18(21)20-17-8-6-14(7-9-17)16-10-11-19-12-16/h5-10,13,15,20H,2-4,11-12H2,1H3,(H,22,23);4-11,17,20H,2-3,12-13H2,1H3,(H,21,22);2-9,16,19H,10-12H2,1H3,(H,20,21). The maximum atomic E-state index is 12.2. The summed E-state index contributed by atoms with van der Waals surface area (Å²) < 4.78 is 5.33. The topological polar surface area (TPSA) is 146 Å². The summed E-state index contributed by atoms with van der Waals surface area (Å²) in [7, 11) is 0. The van der Waals surface area contributed by atoms with E-state index >= 15 is 0 Å². The van der Waals surface area contributed by atoms with E-state index < -0.39 is 0 Å². The van der Waals surface area contributed by atoms with Crippen LogP contribution in [0.5, 0.6) is 5.75 Å². The van der Waals surface area contributed by atoms with E-state index in [1.165, 1.54) is 48.8 Å². The molecule has 0 radical (unpaired) electrons. The minimum absolute atomic E-state index is 0.0629. The van der Waals surface area contributed by atoms with Gasteiger partial charge in [0.25, 0.3) is 17.7 Å². The number of hydrogen-bond acceptors (Lipinski definition) is 8. The molecule has 0 saturated carbocycles. The Morgan fingerprint density at radius 3 is 1.27 bits per heavy atom. The van der Waals surface area contributed by atoms with E-state index in [0.29, 0.717) is 46.9 Å². The van der Waals surface area contributed by atoms with Crippen molar-refractivity contribution in [3.05, 3.63) is 184 Å². The summed E-state index contributed by atoms with van der Waals surface area (Å²) in [6, 6.07) is 43.2. The minimum atomic E-state index is -0.217. The fraction of sp³-hybridized carbons (Fsp3) is 0.321. The number of pyridine rings is 1. The molecule has 348 valence electrons. The van der Waals surface area contributed by atoms with Crippen LogP contribution in [0.1, 0.15) is 116 Å². The van der Waals surface area contributed by atoms with E-state index in [1.54, 1.807) is 18.3 Å². The molecular formula is C56H65N7O4. The van der Waals surface area contributed by atoms with E-state index in [0.717, 1.165) is 67.5 Å². The normalized spacial score (nSPS) is 17.6. The molecule has 3 amide bonds. The summed E-state index contributed by atoms with van der Waals surface area (Å²) in [5.74, 6) is 2.08. The molecule has 6 N–H and O–H groups in total. The second-order valence-corrected chi connectivity index (χ2v) is 17.5. The molecule has 11 nitrogen and oxygen atoms in total. The number of carbonyl (C=O) groups is 3. The van der Waals surface area contributed by atoms with Gasteiger partial charge in [0.2, 0.25) is 0 Å². The molecule has 0 spiro atoms. The lowest BCUT2D eigenvalue weighted by Gasteiger charge is -2.23. The molecule has 9 rings (SSSR count). The lowest BCUT2D eigenvalue weighted by Crippen LogP contribution is -2.28. The number of anilines is 3. The van der Waals surface area contributed by atoms with Crippen LogP contribution in [0.25, 0.3) is 0 Å². The van der Waals surface area contributed by atoms with Crippen molar-refractivity contribution in [2.24, 2.45) is 0 Å². The van der Waals surface area contributed by atoms with E-state index in [2.05, 4.69) is 73.3 Å². The van der Waals surface area contributed by atoms with Crippen LogP contribution in [0.2, 0.25) is 0 Å². The Kier molecular flexibility index (Phi) is 17.8. The fourth-order valence-corrected chi connectivity index (χ4v) is 8.51. The minimum Gasteiger partial charge on any atom is -0.492 e. The summed E-state index contributed by atoms with van der Waals surface area (Å²) in [5.41, 5.74) is 10.5. The first-order valence-electron chi connectivity index (χ1n) is 23.8. The second kappa shape index (κ2) is 24.7. The van der Waals surface area contributed by atoms with Gasteiger partial charge in [-0.2, -0.15) is 0 Å². The molecular weight excluding hydrogens is 835 g/mol. The molecule has 0 bridgehead atoms. The number of nitrogens with zero attached hydrogens (tertiary/aromatic N) is 1. The lowest BCUT2D eigenvalue weighted by molar-refractivity contribution is 0.101. The van der Waals surface area contributed by atoms with Gasteiger partial charge in [-0.1, -0.05) is 71.8 Å². The Hall–Kier alpha value is -6.66. The van der Waals surface area contributed by atoms with Crippen LogP contribution < -0.4 is 36.6 Å². The third-order valence-electron chi connectivity index (χ3n) is 12.5. The average molecular weight is 900 g/mol. The highest BCUT2D eigenvalue weighted by Gasteiger charge is 2.18. The molecule has 4 heterocycles. The smallest absolute Gasteiger partial charge is 0.274 e. The highest BCUT2D eigenvalue weighted by molar-refractivity contribution is 6.05. The molecule has 11 heteroatoms.